The number of nitrogens with zero attached hydrogens (tertiary/aromatic N) is 1. The Morgan fingerprint density at radius 2 is 1.78 bits per heavy atom. The number of para-hydroxylation sites is 3. The van der Waals surface area contributed by atoms with Crippen LogP contribution in [0.4, 0.5) is 11.4 Å². The van der Waals surface area contributed by atoms with Crippen LogP contribution in [0.15, 0.2) is 54.6 Å². The molecule has 5 nitrogen and oxygen atoms in total. The summed E-state index contributed by atoms with van der Waals surface area (Å²) < 4.78 is 5.55. The van der Waals surface area contributed by atoms with Crippen LogP contribution in [-0.2, 0) is 9.59 Å². The first kappa shape index (κ1) is 15.1. The number of hydrogen-bond acceptors (Lipinski definition) is 4. The van der Waals surface area contributed by atoms with E-state index >= 15 is 0 Å². The van der Waals surface area contributed by atoms with Gasteiger partial charge in [0.15, 0.2) is 0 Å². The molecule has 1 heterocycles. The Kier molecular flexibility index (Phi) is 4.28. The van der Waals surface area contributed by atoms with Crippen LogP contribution in [-0.4, -0.2) is 24.5 Å². The minimum absolute atomic E-state index is 0.133. The number of benzene rings is 2. The van der Waals surface area contributed by atoms with Crippen molar-refractivity contribution in [1.29, 1.82) is 0 Å². The molecule has 1 N–H and O–H groups in total. The summed E-state index contributed by atoms with van der Waals surface area (Å²) in [5, 5.41) is 3.14. The van der Waals surface area contributed by atoms with Crippen LogP contribution in [0.25, 0.3) is 0 Å². The maximum atomic E-state index is 12.6. The summed E-state index contributed by atoms with van der Waals surface area (Å²) in [6, 6.07) is 15.8. The summed E-state index contributed by atoms with van der Waals surface area (Å²) >= 11 is 0. The smallest absolute Gasteiger partial charge is 0.256 e. The maximum absolute atomic E-state index is 12.6. The van der Waals surface area contributed by atoms with Crippen molar-refractivity contribution >= 4 is 23.2 Å². The minimum Gasteiger partial charge on any atom is -0.492 e. The zero-order valence-electron chi connectivity index (χ0n) is 12.9. The fourth-order valence-corrected chi connectivity index (χ4v) is 2.65. The lowest BCUT2D eigenvalue weighted by molar-refractivity contribution is -0.121. The average Bonchev–Trinajstić information content (AvgIpc) is 2.84. The molecule has 1 aliphatic heterocycles. The lowest BCUT2D eigenvalue weighted by atomic mass is 10.2. The predicted molar refractivity (Wildman–Crippen MR) is 88.6 cm³/mol. The number of ether oxygens (including phenoxy) is 1. The number of hydrogen-bond donors (Lipinski definition) is 1. The zero-order valence-corrected chi connectivity index (χ0v) is 12.9. The average molecular weight is 310 g/mol. The Labute approximate surface area is 134 Å². The van der Waals surface area contributed by atoms with Crippen LogP contribution in [0, 0.1) is 0 Å². The van der Waals surface area contributed by atoms with Gasteiger partial charge in [-0.2, -0.15) is 0 Å². The fraction of sp³-hybridized carbons (Fsp3) is 0.222. The van der Waals surface area contributed by atoms with Gasteiger partial charge in [0.1, 0.15) is 11.8 Å². The standard InChI is InChI=1S/C18H18N2O3/c1-2-23-16-11-7-6-10-14(16)19-15-12-17(21)20(18(15)22)13-8-4-3-5-9-13/h3-11,15,19H,2,12H2,1H3/t15-/m1/s1. The second-order valence-electron chi connectivity index (χ2n) is 5.23. The van der Waals surface area contributed by atoms with E-state index in [0.717, 1.165) is 5.69 Å². The third kappa shape index (κ3) is 3.04. The second kappa shape index (κ2) is 6.52. The topological polar surface area (TPSA) is 58.6 Å². The van der Waals surface area contributed by atoms with Crippen LogP contribution in [0.1, 0.15) is 13.3 Å². The van der Waals surface area contributed by atoms with Gasteiger partial charge in [-0.1, -0.05) is 30.3 Å². The Hall–Kier alpha value is -2.82. The highest BCUT2D eigenvalue weighted by molar-refractivity contribution is 6.23. The first-order chi connectivity index (χ1) is 11.2. The molecule has 0 aromatic heterocycles. The summed E-state index contributed by atoms with van der Waals surface area (Å²) in [5.74, 6) is 0.230. The maximum Gasteiger partial charge on any atom is 0.256 e. The van der Waals surface area contributed by atoms with Gasteiger partial charge in [0.25, 0.3) is 5.91 Å². The van der Waals surface area contributed by atoms with Crippen molar-refractivity contribution in [3.05, 3.63) is 54.6 Å². The van der Waals surface area contributed by atoms with E-state index in [1.165, 1.54) is 4.90 Å². The van der Waals surface area contributed by atoms with Gasteiger partial charge in [0.2, 0.25) is 5.91 Å². The van der Waals surface area contributed by atoms with Gasteiger partial charge < -0.3 is 10.1 Å². The molecular formula is C18H18N2O3. The first-order valence-electron chi connectivity index (χ1n) is 7.61. The molecule has 0 spiro atoms. The van der Waals surface area contributed by atoms with E-state index in [1.54, 1.807) is 24.3 Å². The number of imide groups is 1. The van der Waals surface area contributed by atoms with Crippen molar-refractivity contribution in [2.45, 2.75) is 19.4 Å². The van der Waals surface area contributed by atoms with E-state index < -0.39 is 6.04 Å². The molecule has 1 aliphatic rings. The molecule has 0 saturated carbocycles. The predicted octanol–water partition coefficient (Wildman–Crippen LogP) is 2.83. The van der Waals surface area contributed by atoms with E-state index in [2.05, 4.69) is 5.32 Å². The summed E-state index contributed by atoms with van der Waals surface area (Å²) in [6.45, 7) is 2.44. The van der Waals surface area contributed by atoms with Crippen molar-refractivity contribution in [1.82, 2.24) is 0 Å². The van der Waals surface area contributed by atoms with Crippen LogP contribution < -0.4 is 15.0 Å². The molecule has 1 fully saturated rings. The van der Waals surface area contributed by atoms with Gasteiger partial charge in [-0.15, -0.1) is 0 Å². The molecule has 23 heavy (non-hydrogen) atoms. The summed E-state index contributed by atoms with van der Waals surface area (Å²) in [4.78, 5) is 26.1. The van der Waals surface area contributed by atoms with E-state index in [0.29, 0.717) is 18.0 Å². The zero-order chi connectivity index (χ0) is 16.2. The van der Waals surface area contributed by atoms with Crippen molar-refractivity contribution in [3.63, 3.8) is 0 Å². The van der Waals surface area contributed by atoms with Gasteiger partial charge in [0.05, 0.1) is 24.4 Å². The summed E-state index contributed by atoms with van der Waals surface area (Å²) in [7, 11) is 0. The molecule has 2 aromatic carbocycles. The van der Waals surface area contributed by atoms with E-state index in [9.17, 15) is 9.59 Å². The Morgan fingerprint density at radius 3 is 2.52 bits per heavy atom. The van der Waals surface area contributed by atoms with Gasteiger partial charge in [-0.25, -0.2) is 4.90 Å². The van der Waals surface area contributed by atoms with Gasteiger partial charge in [-0.3, -0.25) is 9.59 Å². The first-order valence-corrected chi connectivity index (χ1v) is 7.61. The third-order valence-corrected chi connectivity index (χ3v) is 3.68. The molecule has 0 aliphatic carbocycles. The molecule has 118 valence electrons. The number of nitrogens with one attached hydrogen (secondary N) is 1. The Balaban J connectivity index is 1.81. The largest absolute Gasteiger partial charge is 0.492 e. The molecule has 0 unspecified atom stereocenters. The van der Waals surface area contributed by atoms with Crippen molar-refractivity contribution < 1.29 is 14.3 Å². The molecule has 0 bridgehead atoms. The highest BCUT2D eigenvalue weighted by Crippen LogP contribution is 2.29. The van der Waals surface area contributed by atoms with E-state index in [-0.39, 0.29) is 18.2 Å². The second-order valence-corrected chi connectivity index (χ2v) is 5.23. The van der Waals surface area contributed by atoms with Crippen molar-refractivity contribution in [2.75, 3.05) is 16.8 Å². The van der Waals surface area contributed by atoms with Gasteiger partial charge >= 0.3 is 0 Å². The highest BCUT2D eigenvalue weighted by atomic mass is 16.5. The number of carbonyl (C=O) groups is 2. The van der Waals surface area contributed by atoms with Crippen LogP contribution >= 0.6 is 0 Å². The fourth-order valence-electron chi connectivity index (χ4n) is 2.65. The van der Waals surface area contributed by atoms with Crippen molar-refractivity contribution in [3.8, 4) is 5.75 Å². The molecule has 5 heteroatoms. The normalized spacial score (nSPS) is 17.4. The van der Waals surface area contributed by atoms with Crippen LogP contribution in [0.2, 0.25) is 0 Å². The molecule has 3 rings (SSSR count). The highest BCUT2D eigenvalue weighted by Gasteiger charge is 2.39. The van der Waals surface area contributed by atoms with E-state index in [1.807, 2.05) is 37.3 Å². The number of amides is 2. The Morgan fingerprint density at radius 1 is 1.09 bits per heavy atom. The SMILES string of the molecule is CCOc1ccccc1N[C@@H]1CC(=O)N(c2ccccc2)C1=O. The van der Waals surface area contributed by atoms with Gasteiger partial charge in [0, 0.05) is 0 Å². The molecule has 1 saturated heterocycles. The molecule has 1 atom stereocenters. The Bertz CT molecular complexity index is 715. The molecule has 2 aromatic rings. The summed E-state index contributed by atoms with van der Waals surface area (Å²) in [6.07, 6.45) is 0.133. The molecule has 2 amide bonds. The monoisotopic (exact) mass is 310 g/mol. The lowest BCUT2D eigenvalue weighted by Gasteiger charge is -2.17. The molecular weight excluding hydrogens is 292 g/mol. The minimum atomic E-state index is -0.579. The quantitative estimate of drug-likeness (QED) is 0.863. The van der Waals surface area contributed by atoms with Gasteiger partial charge in [-0.05, 0) is 31.2 Å². The van der Waals surface area contributed by atoms with Crippen LogP contribution in [0.3, 0.4) is 0 Å². The number of anilines is 2. The summed E-state index contributed by atoms with van der Waals surface area (Å²) in [5.41, 5.74) is 1.32. The molecule has 0 radical (unpaired) electrons. The number of rotatable bonds is 5. The lowest BCUT2D eigenvalue weighted by Crippen LogP contribution is -2.34. The van der Waals surface area contributed by atoms with E-state index in [4.69, 9.17) is 4.74 Å². The number of carbonyl (C=O) groups excluding carboxylic acids is 2. The van der Waals surface area contributed by atoms with Crippen molar-refractivity contribution in [2.24, 2.45) is 0 Å². The van der Waals surface area contributed by atoms with Crippen LogP contribution in [0.5, 0.6) is 5.75 Å². The third-order valence-electron chi connectivity index (χ3n) is 3.68.